The first-order valence-corrected chi connectivity index (χ1v) is 9.44. The van der Waals surface area contributed by atoms with Gasteiger partial charge in [0.25, 0.3) is 0 Å². The minimum Gasteiger partial charge on any atom is -0.495 e. The molecule has 1 aromatic carbocycles. The monoisotopic (exact) mass is 367 g/mol. The van der Waals surface area contributed by atoms with E-state index in [-0.39, 0.29) is 24.7 Å². The summed E-state index contributed by atoms with van der Waals surface area (Å²) in [6, 6.07) is 5.61. The van der Waals surface area contributed by atoms with E-state index < -0.39 is 5.97 Å². The number of urea groups is 1. The number of ether oxygens (including phenoxy) is 1. The summed E-state index contributed by atoms with van der Waals surface area (Å²) in [6.07, 6.45) is 3.50. The molecule has 1 saturated carbocycles. The highest BCUT2D eigenvalue weighted by Gasteiger charge is 2.34. The maximum Gasteiger partial charge on any atom is 0.319 e. The molecule has 0 spiro atoms. The van der Waals surface area contributed by atoms with E-state index in [1.54, 1.807) is 18.9 Å². The van der Waals surface area contributed by atoms with Gasteiger partial charge in [0, 0.05) is 17.0 Å². The number of aliphatic carboxylic acids is 1. The lowest BCUT2D eigenvalue weighted by atomic mass is 9.85. The van der Waals surface area contributed by atoms with Crippen LogP contribution >= 0.6 is 11.8 Å². The van der Waals surface area contributed by atoms with Crippen molar-refractivity contribution in [3.63, 3.8) is 0 Å². The summed E-state index contributed by atoms with van der Waals surface area (Å²) < 4.78 is 5.32. The van der Waals surface area contributed by atoms with Crippen molar-refractivity contribution in [2.24, 2.45) is 0 Å². The number of benzene rings is 1. The molecule has 0 heterocycles. The Morgan fingerprint density at radius 3 is 2.68 bits per heavy atom. The maximum absolute atomic E-state index is 12.2. The molecular weight excluding hydrogens is 342 g/mol. The molecule has 0 bridgehead atoms. The summed E-state index contributed by atoms with van der Waals surface area (Å²) in [5.41, 5.74) is 0.620. The van der Waals surface area contributed by atoms with Crippen LogP contribution in [-0.2, 0) is 4.79 Å². The average Bonchev–Trinajstić information content (AvgIpc) is 2.56. The summed E-state index contributed by atoms with van der Waals surface area (Å²) in [5, 5.41) is 14.6. The number of amides is 2. The van der Waals surface area contributed by atoms with Crippen LogP contribution in [0.4, 0.5) is 10.5 Å². The van der Waals surface area contributed by atoms with Crippen LogP contribution in [0.25, 0.3) is 0 Å². The molecule has 2 amide bonds. The van der Waals surface area contributed by atoms with Crippen LogP contribution in [0.1, 0.15) is 19.8 Å². The van der Waals surface area contributed by atoms with Crippen molar-refractivity contribution < 1.29 is 19.4 Å². The molecule has 25 heavy (non-hydrogen) atoms. The van der Waals surface area contributed by atoms with E-state index in [0.717, 1.165) is 17.7 Å². The lowest BCUT2D eigenvalue weighted by Crippen LogP contribution is -2.55. The Hall–Kier alpha value is -1.93. The minimum atomic E-state index is -0.822. The largest absolute Gasteiger partial charge is 0.495 e. The van der Waals surface area contributed by atoms with Gasteiger partial charge in [0.05, 0.1) is 19.3 Å². The number of anilines is 1. The quantitative estimate of drug-likeness (QED) is 0.612. The number of methoxy groups -OCH3 is 1. The molecule has 138 valence electrons. The van der Waals surface area contributed by atoms with Crippen LogP contribution in [0, 0.1) is 0 Å². The molecule has 1 aromatic rings. The average molecular weight is 367 g/mol. The fourth-order valence-corrected chi connectivity index (χ4v) is 3.35. The molecular formula is C17H25N3O4S. The molecule has 0 radical (unpaired) electrons. The van der Waals surface area contributed by atoms with Crippen LogP contribution < -0.4 is 15.4 Å². The summed E-state index contributed by atoms with van der Waals surface area (Å²) in [4.78, 5) is 26.0. The van der Waals surface area contributed by atoms with E-state index in [2.05, 4.69) is 10.6 Å². The number of thioether (sulfide) groups is 1. The molecule has 0 aromatic heterocycles. The van der Waals surface area contributed by atoms with Gasteiger partial charge in [-0.05, 0) is 43.8 Å². The van der Waals surface area contributed by atoms with Crippen LogP contribution in [0.3, 0.4) is 0 Å². The third-order valence-corrected chi connectivity index (χ3v) is 5.09. The SMILES string of the molecule is CCN(CC(=O)O)C1CC(NC(=O)Nc2ccc(SC)cc2OC)C1. The summed E-state index contributed by atoms with van der Waals surface area (Å²) in [6.45, 7) is 2.68. The third kappa shape index (κ3) is 5.27. The third-order valence-electron chi connectivity index (χ3n) is 4.37. The Morgan fingerprint density at radius 2 is 2.12 bits per heavy atom. The number of likely N-dealkylation sites (N-methyl/N-ethyl adjacent to an activating group) is 1. The highest BCUT2D eigenvalue weighted by atomic mass is 32.2. The van der Waals surface area contributed by atoms with Gasteiger partial charge in [-0.1, -0.05) is 6.92 Å². The van der Waals surface area contributed by atoms with Crippen molar-refractivity contribution in [1.82, 2.24) is 10.2 Å². The topological polar surface area (TPSA) is 90.9 Å². The first-order valence-electron chi connectivity index (χ1n) is 8.22. The summed E-state index contributed by atoms with van der Waals surface area (Å²) in [7, 11) is 1.57. The molecule has 0 aliphatic heterocycles. The fraction of sp³-hybridized carbons (Fsp3) is 0.529. The van der Waals surface area contributed by atoms with Crippen molar-refractivity contribution in [3.05, 3.63) is 18.2 Å². The Bertz CT molecular complexity index is 620. The van der Waals surface area contributed by atoms with E-state index in [0.29, 0.717) is 18.0 Å². The smallest absolute Gasteiger partial charge is 0.319 e. The Balaban J connectivity index is 1.83. The molecule has 2 rings (SSSR count). The van der Waals surface area contributed by atoms with Crippen molar-refractivity contribution >= 4 is 29.4 Å². The van der Waals surface area contributed by atoms with Crippen molar-refractivity contribution in [3.8, 4) is 5.75 Å². The number of carboxylic acids is 1. The van der Waals surface area contributed by atoms with Crippen LogP contribution in [0.5, 0.6) is 5.75 Å². The standard InChI is InChI=1S/C17H25N3O4S/c1-4-20(10-16(21)22)12-7-11(8-12)18-17(23)19-14-6-5-13(25-3)9-15(14)24-2/h5-6,9,11-12H,4,7-8,10H2,1-3H3,(H,21,22)(H2,18,19,23). The fourth-order valence-electron chi connectivity index (χ4n) is 2.92. The van der Waals surface area contributed by atoms with Crippen LogP contribution in [-0.4, -0.2) is 60.5 Å². The van der Waals surface area contributed by atoms with E-state index in [1.165, 1.54) is 0 Å². The number of rotatable bonds is 8. The molecule has 0 saturated heterocycles. The van der Waals surface area contributed by atoms with Crippen molar-refractivity contribution in [1.29, 1.82) is 0 Å². The van der Waals surface area contributed by atoms with E-state index in [4.69, 9.17) is 9.84 Å². The van der Waals surface area contributed by atoms with Gasteiger partial charge in [-0.25, -0.2) is 4.79 Å². The van der Waals surface area contributed by atoms with E-state index in [9.17, 15) is 9.59 Å². The second-order valence-corrected chi connectivity index (χ2v) is 6.82. The molecule has 1 aliphatic carbocycles. The van der Waals surface area contributed by atoms with Gasteiger partial charge in [0.1, 0.15) is 5.75 Å². The summed E-state index contributed by atoms with van der Waals surface area (Å²) >= 11 is 1.60. The second kappa shape index (κ2) is 8.96. The van der Waals surface area contributed by atoms with Gasteiger partial charge < -0.3 is 20.5 Å². The number of carbonyl (C=O) groups is 2. The Kier molecular flexibility index (Phi) is 6.95. The van der Waals surface area contributed by atoms with Crippen LogP contribution in [0.15, 0.2) is 23.1 Å². The molecule has 0 atom stereocenters. The first kappa shape index (κ1) is 19.4. The number of hydrogen-bond donors (Lipinski definition) is 3. The zero-order valence-electron chi connectivity index (χ0n) is 14.7. The lowest BCUT2D eigenvalue weighted by molar-refractivity contribution is -0.139. The Morgan fingerprint density at radius 1 is 1.40 bits per heavy atom. The second-order valence-electron chi connectivity index (χ2n) is 5.94. The van der Waals surface area contributed by atoms with Gasteiger partial charge in [-0.15, -0.1) is 11.8 Å². The predicted octanol–water partition coefficient (Wildman–Crippen LogP) is 2.48. The zero-order valence-corrected chi connectivity index (χ0v) is 15.6. The highest BCUT2D eigenvalue weighted by Crippen LogP contribution is 2.30. The number of carbonyl (C=O) groups excluding carboxylic acids is 1. The van der Waals surface area contributed by atoms with Gasteiger partial charge >= 0.3 is 12.0 Å². The molecule has 7 nitrogen and oxygen atoms in total. The molecule has 0 unspecified atom stereocenters. The van der Waals surface area contributed by atoms with Gasteiger partial charge in [0.2, 0.25) is 0 Å². The van der Waals surface area contributed by atoms with Crippen molar-refractivity contribution in [2.75, 3.05) is 31.8 Å². The maximum atomic E-state index is 12.2. The lowest BCUT2D eigenvalue weighted by Gasteiger charge is -2.42. The molecule has 1 aliphatic rings. The van der Waals surface area contributed by atoms with Crippen molar-refractivity contribution in [2.45, 2.75) is 36.7 Å². The zero-order chi connectivity index (χ0) is 18.4. The number of nitrogens with zero attached hydrogens (tertiary/aromatic N) is 1. The minimum absolute atomic E-state index is 0.0407. The van der Waals surface area contributed by atoms with Gasteiger partial charge in [-0.2, -0.15) is 0 Å². The van der Waals surface area contributed by atoms with Crippen LogP contribution in [0.2, 0.25) is 0 Å². The first-order chi connectivity index (χ1) is 12.0. The molecule has 3 N–H and O–H groups in total. The van der Waals surface area contributed by atoms with Gasteiger partial charge in [0.15, 0.2) is 0 Å². The molecule has 1 fully saturated rings. The molecule has 8 heteroatoms. The highest BCUT2D eigenvalue weighted by molar-refractivity contribution is 7.98. The number of carboxylic acid groups (broad SMARTS) is 1. The number of hydrogen-bond acceptors (Lipinski definition) is 5. The predicted molar refractivity (Wildman–Crippen MR) is 98.6 cm³/mol. The Labute approximate surface area is 152 Å². The van der Waals surface area contributed by atoms with E-state index >= 15 is 0 Å². The number of nitrogens with one attached hydrogen (secondary N) is 2. The van der Waals surface area contributed by atoms with E-state index in [1.807, 2.05) is 36.3 Å². The van der Waals surface area contributed by atoms with Gasteiger partial charge in [-0.3, -0.25) is 9.69 Å². The summed E-state index contributed by atoms with van der Waals surface area (Å²) in [5.74, 6) is -0.205. The normalized spacial score (nSPS) is 19.2.